The molecular weight excluding hydrogens is 226 g/mol. The molecule has 1 aliphatic rings. The van der Waals surface area contributed by atoms with E-state index in [-0.39, 0.29) is 11.5 Å². The van der Waals surface area contributed by atoms with Crippen LogP contribution in [0.15, 0.2) is 12.1 Å². The van der Waals surface area contributed by atoms with Crippen LogP contribution >= 0.6 is 0 Å². The second-order valence-corrected chi connectivity index (χ2v) is 5.18. The summed E-state index contributed by atoms with van der Waals surface area (Å²) in [6.45, 7) is 4.23. The van der Waals surface area contributed by atoms with Gasteiger partial charge in [0.1, 0.15) is 0 Å². The maximum absolute atomic E-state index is 6.17. The van der Waals surface area contributed by atoms with Crippen LogP contribution in [0.1, 0.15) is 37.8 Å². The first-order valence-corrected chi connectivity index (χ1v) is 6.60. The maximum Gasteiger partial charge on any atom is 0.164 e. The van der Waals surface area contributed by atoms with Crippen molar-refractivity contribution in [1.29, 1.82) is 0 Å². The molecule has 3 nitrogen and oxygen atoms in total. The number of methoxy groups -OCH3 is 2. The van der Waals surface area contributed by atoms with Gasteiger partial charge in [-0.3, -0.25) is 0 Å². The Kier molecular flexibility index (Phi) is 3.53. The molecule has 1 atom stereocenters. The van der Waals surface area contributed by atoms with Crippen LogP contribution in [0.3, 0.4) is 0 Å². The first kappa shape index (κ1) is 13.2. The fraction of sp³-hybridized carbons (Fsp3) is 0.600. The minimum absolute atomic E-state index is 0.0871. The van der Waals surface area contributed by atoms with E-state index in [1.165, 1.54) is 11.1 Å². The van der Waals surface area contributed by atoms with Gasteiger partial charge in [0.25, 0.3) is 0 Å². The summed E-state index contributed by atoms with van der Waals surface area (Å²) in [5.74, 6) is 1.67. The topological polar surface area (TPSA) is 44.5 Å². The number of benzene rings is 1. The van der Waals surface area contributed by atoms with Gasteiger partial charge in [-0.05, 0) is 37.8 Å². The highest BCUT2D eigenvalue weighted by Gasteiger charge is 2.49. The molecule has 3 heteroatoms. The highest BCUT2D eigenvalue weighted by atomic mass is 16.5. The Labute approximate surface area is 109 Å². The van der Waals surface area contributed by atoms with Crippen molar-refractivity contribution < 1.29 is 9.47 Å². The zero-order valence-corrected chi connectivity index (χ0v) is 11.7. The van der Waals surface area contributed by atoms with Gasteiger partial charge in [0.15, 0.2) is 11.5 Å². The molecule has 0 aromatic heterocycles. The van der Waals surface area contributed by atoms with Crippen molar-refractivity contribution in [3.05, 3.63) is 23.3 Å². The maximum atomic E-state index is 6.17. The van der Waals surface area contributed by atoms with Crippen LogP contribution in [0, 0.1) is 0 Å². The Balaban J connectivity index is 2.57. The lowest BCUT2D eigenvalue weighted by molar-refractivity contribution is 0.345. The summed E-state index contributed by atoms with van der Waals surface area (Å²) < 4.78 is 11.0. The predicted molar refractivity (Wildman–Crippen MR) is 73.5 cm³/mol. The molecule has 1 unspecified atom stereocenters. The largest absolute Gasteiger partial charge is 0.493 e. The summed E-state index contributed by atoms with van der Waals surface area (Å²) >= 11 is 0. The van der Waals surface area contributed by atoms with Crippen LogP contribution in [0.4, 0.5) is 0 Å². The first-order valence-electron chi connectivity index (χ1n) is 6.60. The molecule has 0 bridgehead atoms. The fourth-order valence-corrected chi connectivity index (χ4v) is 2.70. The Morgan fingerprint density at radius 2 is 1.94 bits per heavy atom. The Hall–Kier alpha value is -1.22. The average molecular weight is 249 g/mol. The van der Waals surface area contributed by atoms with Gasteiger partial charge in [0.05, 0.1) is 14.2 Å². The zero-order valence-electron chi connectivity index (χ0n) is 11.7. The number of ether oxygens (including phenoxy) is 2. The molecule has 18 heavy (non-hydrogen) atoms. The average Bonchev–Trinajstić information content (AvgIpc) is 3.18. The van der Waals surface area contributed by atoms with Gasteiger partial charge in [-0.25, -0.2) is 0 Å². The normalized spacial score (nSPS) is 18.3. The predicted octanol–water partition coefficient (Wildman–Crippen LogP) is 2.65. The van der Waals surface area contributed by atoms with E-state index in [4.69, 9.17) is 15.2 Å². The highest BCUT2D eigenvalue weighted by Crippen LogP contribution is 2.55. The molecule has 1 aromatic carbocycles. The van der Waals surface area contributed by atoms with Crippen molar-refractivity contribution in [2.45, 2.75) is 44.6 Å². The molecular formula is C15H23NO2. The lowest BCUT2D eigenvalue weighted by Crippen LogP contribution is -2.32. The van der Waals surface area contributed by atoms with Crippen LogP contribution in [0.2, 0.25) is 0 Å². The lowest BCUT2D eigenvalue weighted by atomic mass is 9.87. The van der Waals surface area contributed by atoms with Crippen molar-refractivity contribution >= 4 is 0 Å². The van der Waals surface area contributed by atoms with E-state index < -0.39 is 0 Å². The van der Waals surface area contributed by atoms with Crippen LogP contribution < -0.4 is 15.2 Å². The van der Waals surface area contributed by atoms with Crippen molar-refractivity contribution in [2.24, 2.45) is 5.73 Å². The van der Waals surface area contributed by atoms with E-state index >= 15 is 0 Å². The quantitative estimate of drug-likeness (QED) is 0.872. The van der Waals surface area contributed by atoms with Gasteiger partial charge in [-0.15, -0.1) is 0 Å². The van der Waals surface area contributed by atoms with Crippen molar-refractivity contribution in [2.75, 3.05) is 14.2 Å². The number of aryl methyl sites for hydroxylation is 1. The van der Waals surface area contributed by atoms with E-state index in [0.717, 1.165) is 30.8 Å². The zero-order chi connectivity index (χ0) is 13.3. The third-order valence-corrected chi connectivity index (χ3v) is 4.14. The molecule has 0 radical (unpaired) electrons. The van der Waals surface area contributed by atoms with Gasteiger partial charge < -0.3 is 15.2 Å². The molecule has 0 aliphatic heterocycles. The van der Waals surface area contributed by atoms with Crippen LogP contribution in [-0.4, -0.2) is 20.3 Å². The number of nitrogens with two attached hydrogens (primary N) is 1. The van der Waals surface area contributed by atoms with Crippen LogP contribution in [0.25, 0.3) is 0 Å². The lowest BCUT2D eigenvalue weighted by Gasteiger charge is -2.24. The summed E-state index contributed by atoms with van der Waals surface area (Å²) in [6, 6.07) is 4.43. The van der Waals surface area contributed by atoms with Gasteiger partial charge in [-0.1, -0.05) is 13.0 Å². The molecule has 0 amide bonds. The summed E-state index contributed by atoms with van der Waals surface area (Å²) in [7, 11) is 3.39. The molecule has 100 valence electrons. The molecule has 2 rings (SSSR count). The first-order chi connectivity index (χ1) is 8.58. The second kappa shape index (κ2) is 4.81. The van der Waals surface area contributed by atoms with E-state index in [1.54, 1.807) is 14.2 Å². The van der Waals surface area contributed by atoms with Gasteiger partial charge in [0, 0.05) is 17.0 Å². The molecule has 0 saturated heterocycles. The number of rotatable bonds is 5. The highest BCUT2D eigenvalue weighted by molar-refractivity contribution is 5.55. The van der Waals surface area contributed by atoms with Crippen molar-refractivity contribution in [3.63, 3.8) is 0 Å². The number of hydrogen-bond acceptors (Lipinski definition) is 3. The van der Waals surface area contributed by atoms with Crippen molar-refractivity contribution in [3.8, 4) is 11.5 Å². The van der Waals surface area contributed by atoms with E-state index in [9.17, 15) is 0 Å². The summed E-state index contributed by atoms with van der Waals surface area (Å²) in [5, 5.41) is 0. The Morgan fingerprint density at radius 3 is 2.33 bits per heavy atom. The summed E-state index contributed by atoms with van der Waals surface area (Å²) in [4.78, 5) is 0. The number of hydrogen-bond donors (Lipinski definition) is 1. The molecule has 2 N–H and O–H groups in total. The van der Waals surface area contributed by atoms with E-state index in [1.807, 2.05) is 0 Å². The molecule has 1 aliphatic carbocycles. The van der Waals surface area contributed by atoms with Crippen LogP contribution in [0.5, 0.6) is 11.5 Å². The molecule has 1 saturated carbocycles. The summed E-state index contributed by atoms with van der Waals surface area (Å²) in [6.07, 6.45) is 3.26. The monoisotopic (exact) mass is 249 g/mol. The minimum atomic E-state index is 0.0871. The van der Waals surface area contributed by atoms with E-state index in [0.29, 0.717) is 0 Å². The summed E-state index contributed by atoms with van der Waals surface area (Å²) in [5.41, 5.74) is 8.75. The van der Waals surface area contributed by atoms with Gasteiger partial charge in [-0.2, -0.15) is 0 Å². The minimum Gasteiger partial charge on any atom is -0.493 e. The second-order valence-electron chi connectivity index (χ2n) is 5.18. The molecule has 0 heterocycles. The standard InChI is InChI=1S/C15H23NO2/c1-5-11-8-12(15(6-7-15)10(2)16)14(18-4)13(9-11)17-3/h8-10H,5-7,16H2,1-4H3. The molecule has 0 spiro atoms. The SMILES string of the molecule is CCc1cc(OC)c(OC)c(C2(C(C)N)CC2)c1. The van der Waals surface area contributed by atoms with E-state index in [2.05, 4.69) is 26.0 Å². The third kappa shape index (κ3) is 1.97. The fourth-order valence-electron chi connectivity index (χ4n) is 2.70. The van der Waals surface area contributed by atoms with Gasteiger partial charge >= 0.3 is 0 Å². The van der Waals surface area contributed by atoms with Crippen molar-refractivity contribution in [1.82, 2.24) is 0 Å². The Bertz CT molecular complexity index is 436. The molecule has 1 aromatic rings. The van der Waals surface area contributed by atoms with Crippen LogP contribution in [-0.2, 0) is 11.8 Å². The Morgan fingerprint density at radius 1 is 1.28 bits per heavy atom. The van der Waals surface area contributed by atoms with Gasteiger partial charge in [0.2, 0.25) is 0 Å². The molecule has 1 fully saturated rings. The third-order valence-electron chi connectivity index (χ3n) is 4.14. The smallest absolute Gasteiger partial charge is 0.164 e.